The van der Waals surface area contributed by atoms with Crippen LogP contribution in [-0.2, 0) is 17.4 Å². The van der Waals surface area contributed by atoms with E-state index in [0.29, 0.717) is 19.1 Å². The second-order valence-electron chi connectivity index (χ2n) is 13.1. The van der Waals surface area contributed by atoms with E-state index < -0.39 is 17.4 Å². The molecule has 0 aliphatic heterocycles. The summed E-state index contributed by atoms with van der Waals surface area (Å²) < 4.78 is 6.68. The van der Waals surface area contributed by atoms with Crippen LogP contribution in [0.25, 0.3) is 23.3 Å². The SMILES string of the molecule is CC1=Cc2c(-c3ccccc3)ccc(C)c2[CH]1[Zr]([CH3])([CH3])(=[SiH2])[CH]1C(C(C)C)=Cc2c(C(C)C)cccc21.Cl.Cl. The molecule has 0 heterocycles. The summed E-state index contributed by atoms with van der Waals surface area (Å²) >= 11 is -3.54. The average molecular weight is 643 g/mol. The van der Waals surface area contributed by atoms with Gasteiger partial charge in [0.05, 0.1) is 0 Å². The van der Waals surface area contributed by atoms with Crippen LogP contribution in [0.5, 0.6) is 0 Å². The molecule has 5 rings (SSSR count). The van der Waals surface area contributed by atoms with Crippen molar-refractivity contribution >= 4 is 43.8 Å². The van der Waals surface area contributed by atoms with Crippen LogP contribution in [-0.4, -0.2) is 6.88 Å². The molecule has 202 valence electrons. The van der Waals surface area contributed by atoms with Gasteiger partial charge in [-0.05, 0) is 0 Å². The molecule has 38 heavy (non-hydrogen) atoms. The Kier molecular flexibility index (Phi) is 9.08. The van der Waals surface area contributed by atoms with Crippen molar-refractivity contribution < 1.29 is 17.4 Å². The molecule has 0 N–H and O–H groups in total. The Bertz CT molecular complexity index is 1490. The number of rotatable bonds is 5. The maximum absolute atomic E-state index is 3.54. The Hall–Kier alpha value is -1.18. The zero-order chi connectivity index (χ0) is 26.0. The number of hydrogen-bond donors (Lipinski definition) is 0. The predicted octanol–water partition coefficient (Wildman–Crippen LogP) is 10.2. The number of benzene rings is 3. The third kappa shape index (κ3) is 4.94. The fourth-order valence-electron chi connectivity index (χ4n) is 7.59. The number of aryl methyl sites for hydroxylation is 1. The smallest absolute Gasteiger partial charge is 0.147 e. The molecule has 2 aliphatic rings. The van der Waals surface area contributed by atoms with Crippen molar-refractivity contribution in [2.75, 3.05) is 0 Å². The Morgan fingerprint density at radius 3 is 1.97 bits per heavy atom. The van der Waals surface area contributed by atoms with Crippen molar-refractivity contribution in [2.45, 2.75) is 64.0 Å². The molecule has 0 saturated heterocycles. The first-order valence-electron chi connectivity index (χ1n) is 13.7. The van der Waals surface area contributed by atoms with Crippen molar-refractivity contribution in [3.8, 4) is 11.1 Å². The molecule has 2 unspecified atom stereocenters. The van der Waals surface area contributed by atoms with Crippen molar-refractivity contribution in [1.82, 2.24) is 0 Å². The van der Waals surface area contributed by atoms with Gasteiger partial charge in [-0.3, -0.25) is 0 Å². The van der Waals surface area contributed by atoms with Crippen LogP contribution in [0, 0.1) is 12.8 Å². The minimum absolute atomic E-state index is 0. The van der Waals surface area contributed by atoms with Crippen LogP contribution in [0.2, 0.25) is 9.26 Å². The second-order valence-corrected chi connectivity index (χ2v) is 43.6. The van der Waals surface area contributed by atoms with Gasteiger partial charge in [0.2, 0.25) is 0 Å². The summed E-state index contributed by atoms with van der Waals surface area (Å²) in [6.45, 7) is 16.8. The molecule has 0 saturated carbocycles. The molecule has 3 aromatic rings. The summed E-state index contributed by atoms with van der Waals surface area (Å²) in [5.41, 5.74) is 15.2. The van der Waals surface area contributed by atoms with E-state index in [1.807, 2.05) is 0 Å². The van der Waals surface area contributed by atoms with Crippen LogP contribution in [0.1, 0.15) is 81.2 Å². The normalized spacial score (nSPS) is 18.4. The quantitative estimate of drug-likeness (QED) is 0.243. The third-order valence-electron chi connectivity index (χ3n) is 9.02. The third-order valence-corrected chi connectivity index (χ3v) is 26.6. The van der Waals surface area contributed by atoms with E-state index in [-0.39, 0.29) is 24.8 Å². The summed E-state index contributed by atoms with van der Waals surface area (Å²) in [5, 5.41) is 0. The number of fused-ring (bicyclic) bond motifs is 2. The first kappa shape index (κ1) is 31.3. The Labute approximate surface area is 245 Å². The van der Waals surface area contributed by atoms with E-state index in [2.05, 4.69) is 131 Å². The van der Waals surface area contributed by atoms with Gasteiger partial charge in [-0.2, -0.15) is 0 Å². The van der Waals surface area contributed by atoms with Crippen LogP contribution in [0.4, 0.5) is 0 Å². The van der Waals surface area contributed by atoms with Gasteiger partial charge in [-0.25, -0.2) is 0 Å². The maximum atomic E-state index is 2.77. The molecule has 0 nitrogen and oxygen atoms in total. The number of allylic oxidation sites excluding steroid dienone is 2. The van der Waals surface area contributed by atoms with E-state index in [0.717, 1.165) is 0 Å². The predicted molar refractivity (Wildman–Crippen MR) is 174 cm³/mol. The average Bonchev–Trinajstić information content (AvgIpc) is 3.39. The standard InChI is InChI=1S/C17H15.C15H19.2CH3.2ClH.H2Si.Zr/c1-12-10-16-13(2)8-9-15(17(16)11-12)14-6-4-3-5-7-14;1-10(2)13-8-12-6-5-7-14(11(3)4)15(12)9-13;;;;;;/h3-11H,1-2H3;5-11H,1-4H3;2*1H3;2*1H;1H2;. The minimum atomic E-state index is -3.54. The Morgan fingerprint density at radius 1 is 0.711 bits per heavy atom. The summed E-state index contributed by atoms with van der Waals surface area (Å²) in [7, 11) is 0. The van der Waals surface area contributed by atoms with Crippen LogP contribution in [0.15, 0.2) is 71.8 Å². The molecule has 0 radical (unpaired) electrons. The van der Waals surface area contributed by atoms with Crippen LogP contribution < -0.4 is 0 Å². The van der Waals surface area contributed by atoms with Crippen molar-refractivity contribution in [1.29, 1.82) is 0 Å². The summed E-state index contributed by atoms with van der Waals surface area (Å²) in [5.74, 6) is 1.10. The largest absolute Gasteiger partial charge is 0.147 e. The van der Waals surface area contributed by atoms with Gasteiger partial charge >= 0.3 is 223 Å². The van der Waals surface area contributed by atoms with Gasteiger partial charge in [-0.1, -0.05) is 0 Å². The van der Waals surface area contributed by atoms with E-state index >= 15 is 0 Å². The molecular formula is C34H44Cl2SiZr. The molecule has 0 fully saturated rings. The van der Waals surface area contributed by atoms with Gasteiger partial charge in [0.15, 0.2) is 0 Å². The summed E-state index contributed by atoms with van der Waals surface area (Å²) in [6, 6.07) is 22.9. The minimum Gasteiger partial charge on any atom is -0.147 e. The molecule has 0 spiro atoms. The monoisotopic (exact) mass is 640 g/mol. The number of halogens is 2. The zero-order valence-electron chi connectivity index (χ0n) is 24.3. The second kappa shape index (κ2) is 11.0. The molecular weight excluding hydrogens is 599 g/mol. The maximum Gasteiger partial charge on any atom is -0.147 e. The fraction of sp³-hybridized carbons (Fsp3) is 0.353. The topological polar surface area (TPSA) is 0 Å². The van der Waals surface area contributed by atoms with Gasteiger partial charge in [0.25, 0.3) is 0 Å². The Morgan fingerprint density at radius 2 is 1.37 bits per heavy atom. The molecule has 3 aromatic carbocycles. The Balaban J connectivity index is 0.00000200. The van der Waals surface area contributed by atoms with Crippen molar-refractivity contribution in [2.24, 2.45) is 5.92 Å². The first-order chi connectivity index (χ1) is 16.9. The van der Waals surface area contributed by atoms with E-state index in [4.69, 9.17) is 0 Å². The molecule has 4 heteroatoms. The first-order valence-corrected chi connectivity index (χ1v) is 27.4. The summed E-state index contributed by atoms with van der Waals surface area (Å²) in [6.07, 6.45) is 5.15. The van der Waals surface area contributed by atoms with Crippen LogP contribution >= 0.6 is 24.8 Å². The summed E-state index contributed by atoms with van der Waals surface area (Å²) in [4.78, 5) is 0. The fourth-order valence-corrected chi connectivity index (χ4v) is 28.2. The van der Waals surface area contributed by atoms with Crippen molar-refractivity contribution in [3.05, 3.63) is 105 Å². The van der Waals surface area contributed by atoms with Crippen LogP contribution in [0.3, 0.4) is 0 Å². The van der Waals surface area contributed by atoms with Gasteiger partial charge in [0.1, 0.15) is 0 Å². The van der Waals surface area contributed by atoms with Gasteiger partial charge in [-0.15, -0.1) is 24.8 Å². The molecule has 0 bridgehead atoms. The van der Waals surface area contributed by atoms with E-state index in [1.165, 1.54) is 33.4 Å². The zero-order valence-corrected chi connectivity index (χ0v) is 29.8. The molecule has 0 aromatic heterocycles. The van der Waals surface area contributed by atoms with E-state index in [1.54, 1.807) is 22.3 Å². The molecule has 2 aliphatic carbocycles. The number of hydrogen-bond acceptors (Lipinski definition) is 0. The van der Waals surface area contributed by atoms with Crippen molar-refractivity contribution in [3.63, 3.8) is 0 Å². The molecule has 2 atom stereocenters. The van der Waals surface area contributed by atoms with Gasteiger partial charge < -0.3 is 0 Å². The van der Waals surface area contributed by atoms with Gasteiger partial charge in [0, 0.05) is 0 Å². The van der Waals surface area contributed by atoms with E-state index in [9.17, 15) is 0 Å². The molecule has 0 amide bonds.